The van der Waals surface area contributed by atoms with Gasteiger partial charge in [-0.25, -0.2) is 4.79 Å². The summed E-state index contributed by atoms with van der Waals surface area (Å²) in [6, 6.07) is 5.72. The Bertz CT molecular complexity index is 720. The van der Waals surface area contributed by atoms with Crippen LogP contribution in [0.1, 0.15) is 43.7 Å². The molecule has 0 saturated carbocycles. The first kappa shape index (κ1) is 15.5. The molecule has 0 unspecified atom stereocenters. The van der Waals surface area contributed by atoms with Crippen LogP contribution >= 0.6 is 11.8 Å². The number of rotatable bonds is 3. The summed E-state index contributed by atoms with van der Waals surface area (Å²) < 4.78 is 5.00. The molecule has 110 valence electrons. The normalized spacial score (nSPS) is 11.4. The van der Waals surface area contributed by atoms with E-state index in [4.69, 9.17) is 10.00 Å². The molecular formula is C16H18N2O2S. The Morgan fingerprint density at radius 3 is 2.67 bits per heavy atom. The number of aromatic amines is 1. The molecule has 1 heterocycles. The van der Waals surface area contributed by atoms with Gasteiger partial charge < -0.3 is 9.72 Å². The molecule has 2 aromatic rings. The first-order chi connectivity index (χ1) is 9.86. The molecule has 0 aliphatic carbocycles. The molecule has 0 amide bonds. The Morgan fingerprint density at radius 2 is 2.10 bits per heavy atom. The Hall–Kier alpha value is -1.93. The van der Waals surface area contributed by atoms with Crippen molar-refractivity contribution in [1.29, 1.82) is 5.26 Å². The van der Waals surface area contributed by atoms with Crippen LogP contribution < -0.4 is 0 Å². The molecule has 0 saturated heterocycles. The first-order valence-corrected chi connectivity index (χ1v) is 7.58. The monoisotopic (exact) mass is 302 g/mol. The van der Waals surface area contributed by atoms with Gasteiger partial charge in [-0.1, -0.05) is 20.8 Å². The maximum Gasteiger partial charge on any atom is 0.354 e. The van der Waals surface area contributed by atoms with E-state index in [9.17, 15) is 4.79 Å². The van der Waals surface area contributed by atoms with Crippen molar-refractivity contribution in [2.24, 2.45) is 0 Å². The Labute approximate surface area is 128 Å². The SMILES string of the molecule is CCOC(=O)c1cc2cc(SC#N)c(C(C)(C)C)cc2[nH]1. The lowest BCUT2D eigenvalue weighted by molar-refractivity contribution is 0.0520. The van der Waals surface area contributed by atoms with Gasteiger partial charge in [-0.3, -0.25) is 0 Å². The molecule has 0 fully saturated rings. The summed E-state index contributed by atoms with van der Waals surface area (Å²) in [6.45, 7) is 8.43. The van der Waals surface area contributed by atoms with Crippen LogP contribution in [-0.4, -0.2) is 17.6 Å². The molecule has 0 aliphatic rings. The van der Waals surface area contributed by atoms with Gasteiger partial charge in [0.1, 0.15) is 11.1 Å². The van der Waals surface area contributed by atoms with Crippen LogP contribution in [-0.2, 0) is 10.2 Å². The largest absolute Gasteiger partial charge is 0.461 e. The third-order valence-corrected chi connectivity index (χ3v) is 3.83. The molecule has 0 aliphatic heterocycles. The van der Waals surface area contributed by atoms with Gasteiger partial charge in [-0.15, -0.1) is 0 Å². The lowest BCUT2D eigenvalue weighted by Crippen LogP contribution is -2.12. The van der Waals surface area contributed by atoms with E-state index >= 15 is 0 Å². The Kier molecular flexibility index (Phi) is 4.29. The topological polar surface area (TPSA) is 65.9 Å². The van der Waals surface area contributed by atoms with Crippen LogP contribution in [0, 0.1) is 10.7 Å². The van der Waals surface area contributed by atoms with E-state index in [0.717, 1.165) is 33.1 Å². The predicted octanol–water partition coefficient (Wildman–Crippen LogP) is 4.22. The van der Waals surface area contributed by atoms with Crippen LogP contribution in [0.2, 0.25) is 0 Å². The van der Waals surface area contributed by atoms with Crippen molar-refractivity contribution in [3.05, 3.63) is 29.5 Å². The van der Waals surface area contributed by atoms with Gasteiger partial charge in [-0.05, 0) is 47.9 Å². The third-order valence-electron chi connectivity index (χ3n) is 3.18. The fraction of sp³-hybridized carbons (Fsp3) is 0.375. The number of hydrogen-bond acceptors (Lipinski definition) is 4. The second kappa shape index (κ2) is 5.82. The maximum atomic E-state index is 11.8. The zero-order chi connectivity index (χ0) is 15.6. The number of fused-ring (bicyclic) bond motifs is 1. The van der Waals surface area contributed by atoms with Gasteiger partial charge in [0.15, 0.2) is 0 Å². The number of nitrogens with zero attached hydrogens (tertiary/aromatic N) is 1. The summed E-state index contributed by atoms with van der Waals surface area (Å²) in [5.74, 6) is -0.361. The van der Waals surface area contributed by atoms with Crippen molar-refractivity contribution in [3.63, 3.8) is 0 Å². The quantitative estimate of drug-likeness (QED) is 0.524. The fourth-order valence-electron chi connectivity index (χ4n) is 2.20. The molecule has 2 rings (SSSR count). The molecule has 0 radical (unpaired) electrons. The van der Waals surface area contributed by atoms with Gasteiger partial charge >= 0.3 is 5.97 Å². The molecule has 1 aromatic carbocycles. The highest BCUT2D eigenvalue weighted by atomic mass is 32.2. The van der Waals surface area contributed by atoms with Crippen molar-refractivity contribution in [2.75, 3.05) is 6.61 Å². The minimum atomic E-state index is -0.361. The van der Waals surface area contributed by atoms with Crippen molar-refractivity contribution < 1.29 is 9.53 Å². The van der Waals surface area contributed by atoms with E-state index in [1.807, 2.05) is 12.1 Å². The van der Waals surface area contributed by atoms with Gasteiger partial charge in [0, 0.05) is 15.8 Å². The molecule has 0 atom stereocenters. The van der Waals surface area contributed by atoms with Crippen molar-refractivity contribution >= 4 is 28.6 Å². The van der Waals surface area contributed by atoms with Crippen LogP contribution in [0.15, 0.2) is 23.1 Å². The van der Waals surface area contributed by atoms with Gasteiger partial charge in [0.05, 0.1) is 6.61 Å². The molecule has 5 heteroatoms. The number of benzene rings is 1. The van der Waals surface area contributed by atoms with Crippen LogP contribution in [0.25, 0.3) is 10.9 Å². The number of carbonyl (C=O) groups excluding carboxylic acids is 1. The summed E-state index contributed by atoms with van der Waals surface area (Å²) in [6.07, 6.45) is 0. The van der Waals surface area contributed by atoms with E-state index in [1.54, 1.807) is 13.0 Å². The molecule has 1 aromatic heterocycles. The Balaban J connectivity index is 2.57. The Morgan fingerprint density at radius 1 is 1.38 bits per heavy atom. The lowest BCUT2D eigenvalue weighted by Gasteiger charge is -2.21. The standard InChI is InChI=1S/C16H18N2O2S/c1-5-20-15(19)13-6-10-7-14(21-9-17)11(16(2,3)4)8-12(10)18-13/h6-8,18H,5H2,1-4H3. The van der Waals surface area contributed by atoms with Gasteiger partial charge in [-0.2, -0.15) is 5.26 Å². The summed E-state index contributed by atoms with van der Waals surface area (Å²) in [5, 5.41) is 12.0. The number of thiocyanates is 1. The summed E-state index contributed by atoms with van der Waals surface area (Å²) in [7, 11) is 0. The number of esters is 1. The number of nitrogens with one attached hydrogen (secondary N) is 1. The van der Waals surface area contributed by atoms with Crippen LogP contribution in [0.4, 0.5) is 0 Å². The predicted molar refractivity (Wildman–Crippen MR) is 84.4 cm³/mol. The highest BCUT2D eigenvalue weighted by Gasteiger charge is 2.21. The molecular weight excluding hydrogens is 284 g/mol. The van der Waals surface area contributed by atoms with Crippen LogP contribution in [0.3, 0.4) is 0 Å². The van der Waals surface area contributed by atoms with Crippen LogP contribution in [0.5, 0.6) is 0 Å². The highest BCUT2D eigenvalue weighted by molar-refractivity contribution is 8.03. The summed E-state index contributed by atoms with van der Waals surface area (Å²) >= 11 is 1.15. The van der Waals surface area contributed by atoms with Crippen molar-refractivity contribution in [3.8, 4) is 5.40 Å². The van der Waals surface area contributed by atoms with Gasteiger partial charge in [0.25, 0.3) is 0 Å². The van der Waals surface area contributed by atoms with Crippen molar-refractivity contribution in [1.82, 2.24) is 4.98 Å². The van der Waals surface area contributed by atoms with Crippen molar-refractivity contribution in [2.45, 2.75) is 38.0 Å². The molecule has 21 heavy (non-hydrogen) atoms. The van der Waals surface area contributed by atoms with E-state index < -0.39 is 0 Å². The minimum absolute atomic E-state index is 0.0808. The zero-order valence-electron chi connectivity index (χ0n) is 12.6. The number of hydrogen-bond donors (Lipinski definition) is 1. The smallest absolute Gasteiger partial charge is 0.354 e. The van der Waals surface area contributed by atoms with E-state index in [0.29, 0.717) is 12.3 Å². The average Bonchev–Trinajstić information content (AvgIpc) is 2.80. The fourth-order valence-corrected chi connectivity index (χ4v) is 2.96. The van der Waals surface area contributed by atoms with E-state index in [1.165, 1.54) is 0 Å². The molecule has 0 bridgehead atoms. The molecule has 0 spiro atoms. The minimum Gasteiger partial charge on any atom is -0.461 e. The number of carbonyl (C=O) groups is 1. The lowest BCUT2D eigenvalue weighted by atomic mass is 9.86. The summed E-state index contributed by atoms with van der Waals surface area (Å²) in [5.41, 5.74) is 2.32. The highest BCUT2D eigenvalue weighted by Crippen LogP contribution is 2.35. The maximum absolute atomic E-state index is 11.8. The number of ether oxygens (including phenoxy) is 1. The first-order valence-electron chi connectivity index (χ1n) is 6.77. The molecule has 1 N–H and O–H groups in total. The number of nitriles is 1. The number of aromatic nitrogens is 1. The second-order valence-corrected chi connectivity index (χ2v) is 6.61. The summed E-state index contributed by atoms with van der Waals surface area (Å²) in [4.78, 5) is 15.8. The second-order valence-electron chi connectivity index (χ2n) is 5.78. The zero-order valence-corrected chi connectivity index (χ0v) is 13.4. The third kappa shape index (κ3) is 3.22. The average molecular weight is 302 g/mol. The van der Waals surface area contributed by atoms with E-state index in [2.05, 4.69) is 31.2 Å². The number of thioether (sulfide) groups is 1. The number of H-pyrrole nitrogens is 1. The van der Waals surface area contributed by atoms with E-state index in [-0.39, 0.29) is 11.4 Å². The van der Waals surface area contributed by atoms with Gasteiger partial charge in [0.2, 0.25) is 0 Å². The molecule has 4 nitrogen and oxygen atoms in total.